The van der Waals surface area contributed by atoms with Crippen LogP contribution in [0.4, 0.5) is 11.7 Å². The Morgan fingerprint density at radius 3 is 2.72 bits per heavy atom. The number of nitrogens with two attached hydrogens (primary N) is 1. The van der Waals surface area contributed by atoms with Crippen LogP contribution in [0, 0.1) is 6.92 Å². The SMILES string of the molecule is Cc1c(N2CCN(CCO)CC2)ncn2nc(-c3ccc(N)o3)nc12. The molecule has 3 N–H and O–H groups in total. The summed E-state index contributed by atoms with van der Waals surface area (Å²) in [6, 6.07) is 3.44. The van der Waals surface area contributed by atoms with Crippen molar-refractivity contribution >= 4 is 17.3 Å². The van der Waals surface area contributed by atoms with E-state index < -0.39 is 0 Å². The van der Waals surface area contributed by atoms with E-state index in [1.54, 1.807) is 23.0 Å². The molecule has 0 unspecified atom stereocenters. The Morgan fingerprint density at radius 1 is 1.24 bits per heavy atom. The van der Waals surface area contributed by atoms with Crippen molar-refractivity contribution in [1.29, 1.82) is 0 Å². The van der Waals surface area contributed by atoms with Crippen molar-refractivity contribution in [3.8, 4) is 11.6 Å². The standard InChI is InChI=1S/C16H21N7O2/c1-11-15(22-6-4-21(5-7-22)8-9-24)18-10-23-16(11)19-14(20-23)12-2-3-13(17)25-12/h2-3,10,24H,4-9,17H2,1H3. The van der Waals surface area contributed by atoms with Crippen LogP contribution in [0.25, 0.3) is 17.2 Å². The molecule has 0 atom stereocenters. The highest BCUT2D eigenvalue weighted by Crippen LogP contribution is 2.25. The molecule has 25 heavy (non-hydrogen) atoms. The van der Waals surface area contributed by atoms with Crippen molar-refractivity contribution in [3.63, 3.8) is 0 Å². The van der Waals surface area contributed by atoms with E-state index in [2.05, 4.69) is 24.9 Å². The van der Waals surface area contributed by atoms with E-state index in [0.717, 1.165) is 49.8 Å². The lowest BCUT2D eigenvalue weighted by molar-refractivity contribution is 0.188. The first kappa shape index (κ1) is 15.9. The molecule has 132 valence electrons. The molecule has 0 spiro atoms. The number of aryl methyl sites for hydroxylation is 1. The zero-order valence-electron chi connectivity index (χ0n) is 14.1. The Kier molecular flexibility index (Phi) is 4.02. The lowest BCUT2D eigenvalue weighted by atomic mass is 10.2. The molecule has 0 bridgehead atoms. The zero-order valence-corrected chi connectivity index (χ0v) is 14.1. The van der Waals surface area contributed by atoms with E-state index in [0.29, 0.717) is 17.5 Å². The van der Waals surface area contributed by atoms with Crippen LogP contribution in [0.2, 0.25) is 0 Å². The number of aliphatic hydroxyl groups excluding tert-OH is 1. The first-order valence-electron chi connectivity index (χ1n) is 8.31. The second kappa shape index (κ2) is 6.34. The number of β-amino-alcohol motifs (C(OH)–C–C–N with tert-alkyl or cyclic N) is 1. The van der Waals surface area contributed by atoms with Gasteiger partial charge in [-0.05, 0) is 13.0 Å². The summed E-state index contributed by atoms with van der Waals surface area (Å²) in [5.74, 6) is 2.30. The van der Waals surface area contributed by atoms with Gasteiger partial charge in [-0.1, -0.05) is 0 Å². The average molecular weight is 343 g/mol. The maximum absolute atomic E-state index is 9.06. The summed E-state index contributed by atoms with van der Waals surface area (Å²) in [7, 11) is 0. The van der Waals surface area contributed by atoms with Gasteiger partial charge in [0.15, 0.2) is 17.3 Å². The number of nitrogen functional groups attached to an aromatic ring is 1. The molecule has 0 aromatic carbocycles. The molecule has 1 fully saturated rings. The Morgan fingerprint density at radius 2 is 2.04 bits per heavy atom. The van der Waals surface area contributed by atoms with Crippen LogP contribution in [0.1, 0.15) is 5.56 Å². The van der Waals surface area contributed by atoms with E-state index >= 15 is 0 Å². The number of furan rings is 1. The van der Waals surface area contributed by atoms with Gasteiger partial charge in [0.25, 0.3) is 0 Å². The molecule has 0 saturated carbocycles. The average Bonchev–Trinajstić information content (AvgIpc) is 3.23. The van der Waals surface area contributed by atoms with Gasteiger partial charge in [-0.2, -0.15) is 0 Å². The third-order valence-electron chi connectivity index (χ3n) is 4.53. The number of hydrogen-bond donors (Lipinski definition) is 2. The van der Waals surface area contributed by atoms with E-state index in [1.165, 1.54) is 0 Å². The third kappa shape index (κ3) is 2.92. The number of fused-ring (bicyclic) bond motifs is 1. The van der Waals surface area contributed by atoms with Gasteiger partial charge in [0.05, 0.1) is 6.61 Å². The van der Waals surface area contributed by atoms with Crippen molar-refractivity contribution < 1.29 is 9.52 Å². The highest BCUT2D eigenvalue weighted by atomic mass is 16.4. The molecule has 1 aliphatic rings. The van der Waals surface area contributed by atoms with E-state index in [1.807, 2.05) is 6.92 Å². The van der Waals surface area contributed by atoms with Crippen LogP contribution in [0.3, 0.4) is 0 Å². The van der Waals surface area contributed by atoms with Crippen molar-refractivity contribution in [1.82, 2.24) is 24.5 Å². The lowest BCUT2D eigenvalue weighted by Crippen LogP contribution is -2.47. The van der Waals surface area contributed by atoms with Crippen molar-refractivity contribution in [2.45, 2.75) is 6.92 Å². The van der Waals surface area contributed by atoms with Gasteiger partial charge < -0.3 is 20.2 Å². The van der Waals surface area contributed by atoms with Gasteiger partial charge >= 0.3 is 0 Å². The molecule has 9 nitrogen and oxygen atoms in total. The van der Waals surface area contributed by atoms with Gasteiger partial charge in [0, 0.05) is 44.4 Å². The Balaban J connectivity index is 1.62. The molecule has 3 aromatic heterocycles. The summed E-state index contributed by atoms with van der Waals surface area (Å²) in [5.41, 5.74) is 7.37. The number of hydrogen-bond acceptors (Lipinski definition) is 8. The predicted molar refractivity (Wildman–Crippen MR) is 93.4 cm³/mol. The third-order valence-corrected chi connectivity index (χ3v) is 4.53. The van der Waals surface area contributed by atoms with Gasteiger partial charge in [-0.15, -0.1) is 5.10 Å². The van der Waals surface area contributed by atoms with E-state index in [-0.39, 0.29) is 6.61 Å². The number of aromatic nitrogens is 4. The van der Waals surface area contributed by atoms with Gasteiger partial charge in [0.2, 0.25) is 5.82 Å². The fourth-order valence-electron chi connectivity index (χ4n) is 3.19. The summed E-state index contributed by atoms with van der Waals surface area (Å²) >= 11 is 0. The summed E-state index contributed by atoms with van der Waals surface area (Å²) in [4.78, 5) is 13.7. The van der Waals surface area contributed by atoms with Crippen LogP contribution >= 0.6 is 0 Å². The maximum Gasteiger partial charge on any atom is 0.218 e. The molecule has 0 aliphatic carbocycles. The van der Waals surface area contributed by atoms with Crippen molar-refractivity contribution in [2.75, 3.05) is 50.0 Å². The first-order chi connectivity index (χ1) is 12.2. The summed E-state index contributed by atoms with van der Waals surface area (Å²) < 4.78 is 7.06. The van der Waals surface area contributed by atoms with Crippen LogP contribution in [0.5, 0.6) is 0 Å². The van der Waals surface area contributed by atoms with E-state index in [4.69, 9.17) is 15.3 Å². The van der Waals surface area contributed by atoms with Gasteiger partial charge in [-0.3, -0.25) is 4.90 Å². The molecule has 1 saturated heterocycles. The lowest BCUT2D eigenvalue weighted by Gasteiger charge is -2.35. The van der Waals surface area contributed by atoms with Crippen molar-refractivity contribution in [2.24, 2.45) is 0 Å². The zero-order chi connectivity index (χ0) is 17.4. The first-order valence-corrected chi connectivity index (χ1v) is 8.31. The number of nitrogens with zero attached hydrogens (tertiary/aromatic N) is 6. The summed E-state index contributed by atoms with van der Waals surface area (Å²) in [6.45, 7) is 6.50. The number of aliphatic hydroxyl groups is 1. The molecular formula is C16H21N7O2. The number of piperazine rings is 1. The molecule has 0 amide bonds. The Bertz CT molecular complexity index is 880. The molecular weight excluding hydrogens is 322 g/mol. The summed E-state index contributed by atoms with van der Waals surface area (Å²) in [5, 5.41) is 13.5. The van der Waals surface area contributed by atoms with Gasteiger partial charge in [-0.25, -0.2) is 14.5 Å². The van der Waals surface area contributed by atoms with Crippen LogP contribution in [-0.2, 0) is 0 Å². The molecule has 0 radical (unpaired) electrons. The minimum atomic E-state index is 0.197. The quantitative estimate of drug-likeness (QED) is 0.700. The monoisotopic (exact) mass is 343 g/mol. The topological polar surface area (TPSA) is 109 Å². The minimum Gasteiger partial charge on any atom is -0.438 e. The molecule has 4 heterocycles. The van der Waals surface area contributed by atoms with E-state index in [9.17, 15) is 0 Å². The normalized spacial score (nSPS) is 16.0. The molecule has 9 heteroatoms. The Hall–Kier alpha value is -2.65. The number of rotatable bonds is 4. The number of anilines is 2. The summed E-state index contributed by atoms with van der Waals surface area (Å²) in [6.07, 6.45) is 1.68. The van der Waals surface area contributed by atoms with Gasteiger partial charge in [0.1, 0.15) is 12.1 Å². The highest BCUT2D eigenvalue weighted by Gasteiger charge is 2.21. The minimum absolute atomic E-state index is 0.197. The van der Waals surface area contributed by atoms with Crippen LogP contribution < -0.4 is 10.6 Å². The maximum atomic E-state index is 9.06. The fourth-order valence-corrected chi connectivity index (χ4v) is 3.19. The fraction of sp³-hybridized carbons (Fsp3) is 0.438. The molecule has 4 rings (SSSR count). The highest BCUT2D eigenvalue weighted by molar-refractivity contribution is 5.63. The van der Waals surface area contributed by atoms with Crippen LogP contribution in [-0.4, -0.2) is 68.9 Å². The predicted octanol–water partition coefficient (Wildman–Crippen LogP) is 0.389. The smallest absolute Gasteiger partial charge is 0.218 e. The van der Waals surface area contributed by atoms with Crippen LogP contribution in [0.15, 0.2) is 22.9 Å². The molecule has 3 aromatic rings. The van der Waals surface area contributed by atoms with Crippen molar-refractivity contribution in [3.05, 3.63) is 24.0 Å². The molecule has 1 aliphatic heterocycles. The largest absolute Gasteiger partial charge is 0.438 e. The second-order valence-corrected chi connectivity index (χ2v) is 6.15. The Labute approximate surface area is 144 Å². The second-order valence-electron chi connectivity index (χ2n) is 6.15.